The maximum absolute atomic E-state index is 12.6. The summed E-state index contributed by atoms with van der Waals surface area (Å²) in [5.74, 6) is -0.00109. The van der Waals surface area contributed by atoms with Crippen LogP contribution in [0.3, 0.4) is 0 Å². The number of carbonyl (C=O) groups is 1. The van der Waals surface area contributed by atoms with Gasteiger partial charge < -0.3 is 0 Å². The van der Waals surface area contributed by atoms with Gasteiger partial charge in [-0.05, 0) is 35.1 Å². The first kappa shape index (κ1) is 22.4. The van der Waals surface area contributed by atoms with Crippen molar-refractivity contribution >= 4 is 11.5 Å². The summed E-state index contributed by atoms with van der Waals surface area (Å²) in [7, 11) is 0. The van der Waals surface area contributed by atoms with Crippen molar-refractivity contribution in [3.05, 3.63) is 99.6 Å². The van der Waals surface area contributed by atoms with Crippen LogP contribution in [0.15, 0.2) is 72.8 Å². The predicted octanol–water partition coefficient (Wildman–Crippen LogP) is 7.20. The minimum absolute atomic E-state index is 0.00109. The number of benzene rings is 3. The van der Waals surface area contributed by atoms with Crippen molar-refractivity contribution in [1.82, 2.24) is 0 Å². The van der Waals surface area contributed by atoms with Crippen LogP contribution >= 0.6 is 0 Å². The van der Waals surface area contributed by atoms with Crippen LogP contribution in [-0.4, -0.2) is 10.7 Å². The van der Waals surface area contributed by atoms with Gasteiger partial charge in [0.15, 0.2) is 5.78 Å². The Morgan fingerprint density at radius 2 is 1.29 bits per heavy atom. The van der Waals surface area contributed by atoms with Gasteiger partial charge in [0.1, 0.15) is 0 Å². The van der Waals surface area contributed by atoms with Crippen molar-refractivity contribution < 1.29 is 9.72 Å². The van der Waals surface area contributed by atoms with Crippen molar-refractivity contribution in [1.29, 1.82) is 0 Å². The van der Waals surface area contributed by atoms with E-state index in [2.05, 4.69) is 31.2 Å². The SMILES string of the molecule is CCCCCCCc1ccc(-c2ccc(C(=O)Cc3ccc([N+](=O)[O-])cc3)cc2)cc1. The second-order valence-electron chi connectivity index (χ2n) is 7.96. The predicted molar refractivity (Wildman–Crippen MR) is 125 cm³/mol. The largest absolute Gasteiger partial charge is 0.294 e. The molecule has 160 valence electrons. The minimum Gasteiger partial charge on any atom is -0.294 e. The number of nitrogens with zero attached hydrogens (tertiary/aromatic N) is 1. The Hall–Kier alpha value is -3.27. The highest BCUT2D eigenvalue weighted by Crippen LogP contribution is 2.22. The summed E-state index contributed by atoms with van der Waals surface area (Å²) in [4.78, 5) is 22.9. The number of ketones is 1. The molecule has 0 saturated heterocycles. The normalized spacial score (nSPS) is 10.7. The standard InChI is InChI=1S/C27H29NO3/c1-2-3-4-5-6-7-21-8-12-23(13-9-21)24-14-16-25(17-15-24)27(29)20-22-10-18-26(19-11-22)28(30)31/h8-19H,2-7,20H2,1H3. The van der Waals surface area contributed by atoms with Gasteiger partial charge in [-0.3, -0.25) is 14.9 Å². The van der Waals surface area contributed by atoms with Crippen LogP contribution in [-0.2, 0) is 12.8 Å². The number of aryl methyl sites for hydroxylation is 1. The Morgan fingerprint density at radius 1 is 0.742 bits per heavy atom. The fraction of sp³-hybridized carbons (Fsp3) is 0.296. The van der Waals surface area contributed by atoms with Gasteiger partial charge in [-0.1, -0.05) is 93.3 Å². The average molecular weight is 416 g/mol. The topological polar surface area (TPSA) is 60.2 Å². The van der Waals surface area contributed by atoms with Gasteiger partial charge in [0.05, 0.1) is 4.92 Å². The lowest BCUT2D eigenvalue weighted by Gasteiger charge is -2.07. The molecule has 0 heterocycles. The summed E-state index contributed by atoms with van der Waals surface area (Å²) >= 11 is 0. The lowest BCUT2D eigenvalue weighted by molar-refractivity contribution is -0.384. The van der Waals surface area contributed by atoms with Crippen LogP contribution in [0.4, 0.5) is 5.69 Å². The molecular formula is C27H29NO3. The molecule has 0 fully saturated rings. The van der Waals surface area contributed by atoms with Gasteiger partial charge in [-0.25, -0.2) is 0 Å². The van der Waals surface area contributed by atoms with Crippen molar-refractivity contribution in [2.45, 2.75) is 51.9 Å². The van der Waals surface area contributed by atoms with E-state index in [1.54, 1.807) is 12.1 Å². The Balaban J connectivity index is 1.56. The van der Waals surface area contributed by atoms with E-state index in [9.17, 15) is 14.9 Å². The van der Waals surface area contributed by atoms with Crippen LogP contribution in [0.25, 0.3) is 11.1 Å². The van der Waals surface area contributed by atoms with Gasteiger partial charge >= 0.3 is 0 Å². The number of Topliss-reactive ketones (excluding diaryl/α,β-unsaturated/α-hetero) is 1. The molecule has 0 bridgehead atoms. The maximum atomic E-state index is 12.6. The molecule has 4 nitrogen and oxygen atoms in total. The second-order valence-corrected chi connectivity index (χ2v) is 7.96. The summed E-state index contributed by atoms with van der Waals surface area (Å²) in [6.45, 7) is 2.24. The van der Waals surface area contributed by atoms with E-state index in [1.807, 2.05) is 24.3 Å². The molecule has 0 aliphatic carbocycles. The molecule has 4 heteroatoms. The monoisotopic (exact) mass is 415 g/mol. The molecule has 0 aromatic heterocycles. The molecular weight excluding hydrogens is 386 g/mol. The second kappa shape index (κ2) is 11.2. The molecule has 0 unspecified atom stereocenters. The lowest BCUT2D eigenvalue weighted by atomic mass is 9.98. The van der Waals surface area contributed by atoms with Crippen LogP contribution < -0.4 is 0 Å². The fourth-order valence-corrected chi connectivity index (χ4v) is 3.67. The third-order valence-corrected chi connectivity index (χ3v) is 5.57. The molecule has 0 aliphatic rings. The molecule has 3 aromatic rings. The van der Waals surface area contributed by atoms with Crippen LogP contribution in [0.5, 0.6) is 0 Å². The van der Waals surface area contributed by atoms with Crippen LogP contribution in [0, 0.1) is 10.1 Å². The number of non-ortho nitro benzene ring substituents is 1. The van der Waals surface area contributed by atoms with E-state index in [-0.39, 0.29) is 17.9 Å². The molecule has 0 saturated carbocycles. The number of nitro groups is 1. The van der Waals surface area contributed by atoms with E-state index in [4.69, 9.17) is 0 Å². The van der Waals surface area contributed by atoms with Gasteiger partial charge in [0, 0.05) is 24.1 Å². The average Bonchev–Trinajstić information content (AvgIpc) is 2.80. The molecule has 0 radical (unpaired) electrons. The zero-order valence-electron chi connectivity index (χ0n) is 18.0. The molecule has 0 atom stereocenters. The summed E-state index contributed by atoms with van der Waals surface area (Å²) < 4.78 is 0. The zero-order chi connectivity index (χ0) is 22.1. The van der Waals surface area contributed by atoms with Gasteiger partial charge in [-0.15, -0.1) is 0 Å². The van der Waals surface area contributed by atoms with E-state index < -0.39 is 4.92 Å². The van der Waals surface area contributed by atoms with E-state index in [0.29, 0.717) is 5.56 Å². The van der Waals surface area contributed by atoms with Gasteiger partial charge in [0.25, 0.3) is 5.69 Å². The molecule has 0 amide bonds. The van der Waals surface area contributed by atoms with Crippen LogP contribution in [0.2, 0.25) is 0 Å². The first-order chi connectivity index (χ1) is 15.1. The molecule has 3 aromatic carbocycles. The zero-order valence-corrected chi connectivity index (χ0v) is 18.0. The number of hydrogen-bond donors (Lipinski definition) is 0. The summed E-state index contributed by atoms with van der Waals surface area (Å²) in [5.41, 5.74) is 5.04. The van der Waals surface area contributed by atoms with E-state index in [0.717, 1.165) is 23.1 Å². The van der Waals surface area contributed by atoms with Crippen molar-refractivity contribution in [3.63, 3.8) is 0 Å². The number of nitro benzene ring substituents is 1. The fourth-order valence-electron chi connectivity index (χ4n) is 3.67. The Morgan fingerprint density at radius 3 is 1.87 bits per heavy atom. The summed E-state index contributed by atoms with van der Waals surface area (Å²) in [5, 5.41) is 10.7. The Labute approximate surface area is 184 Å². The van der Waals surface area contributed by atoms with E-state index >= 15 is 0 Å². The third-order valence-electron chi connectivity index (χ3n) is 5.57. The number of rotatable bonds is 11. The van der Waals surface area contributed by atoms with Gasteiger partial charge in [0.2, 0.25) is 0 Å². The smallest absolute Gasteiger partial charge is 0.269 e. The molecule has 0 N–H and O–H groups in total. The van der Waals surface area contributed by atoms with Crippen molar-refractivity contribution in [2.75, 3.05) is 0 Å². The van der Waals surface area contributed by atoms with Crippen molar-refractivity contribution in [2.24, 2.45) is 0 Å². The Kier molecular flexibility index (Phi) is 8.11. The van der Waals surface area contributed by atoms with E-state index in [1.165, 1.54) is 49.8 Å². The number of carbonyl (C=O) groups excluding carboxylic acids is 1. The quantitative estimate of drug-likeness (QED) is 0.144. The third kappa shape index (κ3) is 6.61. The highest BCUT2D eigenvalue weighted by Gasteiger charge is 2.10. The molecule has 0 spiro atoms. The first-order valence-electron chi connectivity index (χ1n) is 11.0. The Bertz CT molecular complexity index is 990. The number of unbranched alkanes of at least 4 members (excludes halogenated alkanes) is 4. The highest BCUT2D eigenvalue weighted by molar-refractivity contribution is 5.97. The minimum atomic E-state index is -0.440. The van der Waals surface area contributed by atoms with Crippen molar-refractivity contribution in [3.8, 4) is 11.1 Å². The molecule has 3 rings (SSSR count). The summed E-state index contributed by atoms with van der Waals surface area (Å²) in [6.07, 6.45) is 7.81. The highest BCUT2D eigenvalue weighted by atomic mass is 16.6. The maximum Gasteiger partial charge on any atom is 0.269 e. The molecule has 31 heavy (non-hydrogen) atoms. The van der Waals surface area contributed by atoms with Gasteiger partial charge in [-0.2, -0.15) is 0 Å². The lowest BCUT2D eigenvalue weighted by Crippen LogP contribution is -2.03. The summed E-state index contributed by atoms with van der Waals surface area (Å²) in [6, 6.07) is 22.5. The first-order valence-corrected chi connectivity index (χ1v) is 11.0. The number of hydrogen-bond acceptors (Lipinski definition) is 3. The molecule has 0 aliphatic heterocycles. The van der Waals surface area contributed by atoms with Crippen LogP contribution in [0.1, 0.15) is 60.5 Å².